The molecule has 1 amide bonds. The molecule has 0 radical (unpaired) electrons. The lowest BCUT2D eigenvalue weighted by Gasteiger charge is -2.31. The Labute approximate surface area is 140 Å². The summed E-state index contributed by atoms with van der Waals surface area (Å²) in [5.41, 5.74) is 0.592. The fourth-order valence-corrected chi connectivity index (χ4v) is 2.79. The van der Waals surface area contributed by atoms with Gasteiger partial charge in [-0.1, -0.05) is 0 Å². The standard InChI is InChI=1S/C16H22N6O2/c1-17-13-7-6-11(9-18-13)15(23)22-8-4-5-12(10-22)14-19-16(20-24-14)21(2)3/h6-7,9,12H,4-5,8,10H2,1-3H3,(H,17,18). The zero-order chi connectivity index (χ0) is 17.1. The number of carbonyl (C=O) groups is 1. The molecule has 1 fully saturated rings. The fourth-order valence-electron chi connectivity index (χ4n) is 2.79. The van der Waals surface area contributed by atoms with Crippen molar-refractivity contribution in [2.75, 3.05) is 44.4 Å². The van der Waals surface area contributed by atoms with Crippen molar-refractivity contribution in [3.8, 4) is 0 Å². The van der Waals surface area contributed by atoms with E-state index in [-0.39, 0.29) is 11.8 Å². The van der Waals surface area contributed by atoms with Crippen molar-refractivity contribution >= 4 is 17.7 Å². The Kier molecular flexibility index (Phi) is 4.64. The molecule has 0 bridgehead atoms. The lowest BCUT2D eigenvalue weighted by atomic mass is 9.97. The molecule has 3 rings (SSSR count). The highest BCUT2D eigenvalue weighted by Crippen LogP contribution is 2.27. The molecule has 8 heteroatoms. The highest BCUT2D eigenvalue weighted by atomic mass is 16.5. The van der Waals surface area contributed by atoms with Crippen LogP contribution in [0.4, 0.5) is 11.8 Å². The first-order valence-electron chi connectivity index (χ1n) is 8.02. The minimum atomic E-state index is -0.0119. The van der Waals surface area contributed by atoms with E-state index in [1.807, 2.05) is 19.0 Å². The summed E-state index contributed by atoms with van der Waals surface area (Å²) in [5, 5.41) is 6.90. The van der Waals surface area contributed by atoms with Crippen molar-refractivity contribution in [2.45, 2.75) is 18.8 Å². The number of aromatic nitrogens is 3. The summed E-state index contributed by atoms with van der Waals surface area (Å²) in [6.45, 7) is 1.32. The van der Waals surface area contributed by atoms with Crippen LogP contribution in [0.2, 0.25) is 0 Å². The predicted octanol–water partition coefficient (Wildman–Crippen LogP) is 1.59. The predicted molar refractivity (Wildman–Crippen MR) is 90.3 cm³/mol. The van der Waals surface area contributed by atoms with Crippen LogP contribution in [-0.4, -0.2) is 60.2 Å². The zero-order valence-electron chi connectivity index (χ0n) is 14.2. The second-order valence-electron chi connectivity index (χ2n) is 6.10. The lowest BCUT2D eigenvalue weighted by Crippen LogP contribution is -2.39. The van der Waals surface area contributed by atoms with Crippen molar-refractivity contribution in [1.29, 1.82) is 0 Å². The molecule has 2 aromatic rings. The van der Waals surface area contributed by atoms with Crippen molar-refractivity contribution < 1.29 is 9.32 Å². The molecule has 24 heavy (non-hydrogen) atoms. The van der Waals surface area contributed by atoms with E-state index in [9.17, 15) is 4.79 Å². The molecule has 0 saturated carbocycles. The number of nitrogens with one attached hydrogen (secondary N) is 1. The van der Waals surface area contributed by atoms with Gasteiger partial charge in [0.25, 0.3) is 11.9 Å². The second kappa shape index (κ2) is 6.86. The number of anilines is 2. The molecule has 0 spiro atoms. The van der Waals surface area contributed by atoms with Gasteiger partial charge >= 0.3 is 0 Å². The summed E-state index contributed by atoms with van der Waals surface area (Å²) >= 11 is 0. The van der Waals surface area contributed by atoms with E-state index in [1.54, 1.807) is 30.3 Å². The summed E-state index contributed by atoms with van der Waals surface area (Å²) in [5.74, 6) is 1.96. The first kappa shape index (κ1) is 16.2. The molecule has 2 aromatic heterocycles. The monoisotopic (exact) mass is 330 g/mol. The number of hydrogen-bond donors (Lipinski definition) is 1. The zero-order valence-corrected chi connectivity index (χ0v) is 14.2. The molecule has 1 aliphatic rings. The highest BCUT2D eigenvalue weighted by Gasteiger charge is 2.29. The number of hydrogen-bond acceptors (Lipinski definition) is 7. The Bertz CT molecular complexity index is 697. The lowest BCUT2D eigenvalue weighted by molar-refractivity contribution is 0.0695. The number of carbonyl (C=O) groups excluding carboxylic acids is 1. The maximum Gasteiger partial charge on any atom is 0.265 e. The average Bonchev–Trinajstić information content (AvgIpc) is 3.12. The summed E-state index contributed by atoms with van der Waals surface area (Å²) in [4.78, 5) is 24.9. The molecule has 1 unspecified atom stereocenters. The van der Waals surface area contributed by atoms with Gasteiger partial charge in [-0.3, -0.25) is 4.79 Å². The summed E-state index contributed by atoms with van der Waals surface area (Å²) in [6, 6.07) is 3.59. The molecular weight excluding hydrogens is 308 g/mol. The summed E-state index contributed by atoms with van der Waals surface area (Å²) < 4.78 is 5.37. The summed E-state index contributed by atoms with van der Waals surface area (Å²) in [6.07, 6.45) is 3.46. The second-order valence-corrected chi connectivity index (χ2v) is 6.10. The third kappa shape index (κ3) is 3.32. The van der Waals surface area contributed by atoms with Gasteiger partial charge in [0.15, 0.2) is 0 Å². The number of piperidine rings is 1. The molecule has 3 heterocycles. The van der Waals surface area contributed by atoms with Gasteiger partial charge in [0.1, 0.15) is 5.82 Å². The van der Waals surface area contributed by atoms with E-state index in [0.29, 0.717) is 23.9 Å². The van der Waals surface area contributed by atoms with Gasteiger partial charge in [0.05, 0.1) is 11.5 Å². The Morgan fingerprint density at radius 2 is 2.25 bits per heavy atom. The van der Waals surface area contributed by atoms with Crippen LogP contribution in [0.25, 0.3) is 0 Å². The first-order valence-corrected chi connectivity index (χ1v) is 8.02. The number of pyridine rings is 1. The number of nitrogens with zero attached hydrogens (tertiary/aromatic N) is 5. The fraction of sp³-hybridized carbons (Fsp3) is 0.500. The van der Waals surface area contributed by atoms with E-state index >= 15 is 0 Å². The van der Waals surface area contributed by atoms with Crippen LogP contribution >= 0.6 is 0 Å². The molecule has 1 saturated heterocycles. The van der Waals surface area contributed by atoms with Crippen molar-refractivity contribution in [3.63, 3.8) is 0 Å². The van der Waals surface area contributed by atoms with Gasteiger partial charge in [-0.25, -0.2) is 4.98 Å². The van der Waals surface area contributed by atoms with Gasteiger partial charge in [-0.05, 0) is 30.1 Å². The minimum absolute atomic E-state index is 0.0119. The molecular formula is C16H22N6O2. The number of rotatable bonds is 4. The smallest absolute Gasteiger partial charge is 0.265 e. The van der Waals surface area contributed by atoms with Gasteiger partial charge in [0, 0.05) is 40.4 Å². The summed E-state index contributed by atoms with van der Waals surface area (Å²) in [7, 11) is 5.53. The molecule has 1 aliphatic heterocycles. The van der Waals surface area contributed by atoms with Gasteiger partial charge in [-0.2, -0.15) is 4.98 Å². The van der Waals surface area contributed by atoms with Gasteiger partial charge < -0.3 is 19.6 Å². The van der Waals surface area contributed by atoms with Crippen LogP contribution < -0.4 is 10.2 Å². The topological polar surface area (TPSA) is 87.4 Å². The Hall–Kier alpha value is -2.64. The largest absolute Gasteiger partial charge is 0.373 e. The molecule has 1 atom stereocenters. The van der Waals surface area contributed by atoms with Gasteiger partial charge in [0.2, 0.25) is 5.89 Å². The Balaban J connectivity index is 1.70. The first-order chi connectivity index (χ1) is 11.6. The third-order valence-corrected chi connectivity index (χ3v) is 4.16. The van der Waals surface area contributed by atoms with Crippen LogP contribution in [0.3, 0.4) is 0 Å². The van der Waals surface area contributed by atoms with E-state index in [2.05, 4.69) is 20.4 Å². The van der Waals surface area contributed by atoms with E-state index in [4.69, 9.17) is 4.52 Å². The van der Waals surface area contributed by atoms with E-state index in [1.165, 1.54) is 0 Å². The van der Waals surface area contributed by atoms with E-state index in [0.717, 1.165) is 25.2 Å². The molecule has 128 valence electrons. The SMILES string of the molecule is CNc1ccc(C(=O)N2CCCC(c3nc(N(C)C)no3)C2)cn1. The number of likely N-dealkylation sites (tertiary alicyclic amines) is 1. The van der Waals surface area contributed by atoms with E-state index < -0.39 is 0 Å². The van der Waals surface area contributed by atoms with Crippen LogP contribution in [-0.2, 0) is 0 Å². The van der Waals surface area contributed by atoms with Crippen molar-refractivity contribution in [3.05, 3.63) is 29.8 Å². The maximum absolute atomic E-state index is 12.7. The molecule has 0 aromatic carbocycles. The quantitative estimate of drug-likeness (QED) is 0.911. The minimum Gasteiger partial charge on any atom is -0.373 e. The number of amides is 1. The Morgan fingerprint density at radius 1 is 1.42 bits per heavy atom. The van der Waals surface area contributed by atoms with Crippen LogP contribution in [0.1, 0.15) is 35.0 Å². The average molecular weight is 330 g/mol. The van der Waals surface area contributed by atoms with Crippen molar-refractivity contribution in [2.24, 2.45) is 0 Å². The highest BCUT2D eigenvalue weighted by molar-refractivity contribution is 5.94. The van der Waals surface area contributed by atoms with Crippen molar-refractivity contribution in [1.82, 2.24) is 20.0 Å². The molecule has 1 N–H and O–H groups in total. The van der Waals surface area contributed by atoms with Crippen LogP contribution in [0.5, 0.6) is 0 Å². The molecule has 0 aliphatic carbocycles. The third-order valence-electron chi connectivity index (χ3n) is 4.16. The maximum atomic E-state index is 12.7. The molecule has 8 nitrogen and oxygen atoms in total. The van der Waals surface area contributed by atoms with Crippen LogP contribution in [0.15, 0.2) is 22.9 Å². The normalized spacial score (nSPS) is 17.6. The Morgan fingerprint density at radius 3 is 2.88 bits per heavy atom. The van der Waals surface area contributed by atoms with Crippen LogP contribution in [0, 0.1) is 0 Å². The van der Waals surface area contributed by atoms with Gasteiger partial charge in [-0.15, -0.1) is 0 Å².